The molecule has 0 bridgehead atoms. The van der Waals surface area contributed by atoms with Crippen molar-refractivity contribution >= 4 is 44.6 Å². The first-order valence-corrected chi connectivity index (χ1v) is 8.39. The largest absolute Gasteiger partial charge is 0.362 e. The predicted molar refractivity (Wildman–Crippen MR) is 98.7 cm³/mol. The summed E-state index contributed by atoms with van der Waals surface area (Å²) in [5.74, 6) is 0. The Morgan fingerprint density at radius 1 is 1.18 bits per heavy atom. The second-order valence-electron chi connectivity index (χ2n) is 5.08. The van der Waals surface area contributed by atoms with E-state index in [0.29, 0.717) is 5.11 Å². The van der Waals surface area contributed by atoms with Crippen LogP contribution in [-0.4, -0.2) is 16.6 Å². The average molecular weight is 327 g/mol. The smallest absolute Gasteiger partial charge is 0.170 e. The van der Waals surface area contributed by atoms with Gasteiger partial charge in [0.05, 0.1) is 15.2 Å². The number of fused-ring (bicyclic) bond motifs is 1. The second kappa shape index (κ2) is 6.85. The fourth-order valence-electron chi connectivity index (χ4n) is 2.21. The van der Waals surface area contributed by atoms with Crippen LogP contribution in [-0.2, 0) is 6.42 Å². The van der Waals surface area contributed by atoms with E-state index in [9.17, 15) is 0 Å². The van der Waals surface area contributed by atoms with Gasteiger partial charge in [-0.15, -0.1) is 11.3 Å². The van der Waals surface area contributed by atoms with Crippen LogP contribution in [0.25, 0.3) is 10.2 Å². The molecule has 0 aliphatic rings. The summed E-state index contributed by atoms with van der Waals surface area (Å²) in [6, 6.07) is 16.4. The van der Waals surface area contributed by atoms with Crippen LogP contribution < -0.4 is 10.6 Å². The zero-order valence-corrected chi connectivity index (χ0v) is 13.9. The molecule has 0 aliphatic carbocycles. The van der Waals surface area contributed by atoms with Gasteiger partial charge in [0, 0.05) is 18.7 Å². The molecule has 0 unspecified atom stereocenters. The maximum atomic E-state index is 5.32. The topological polar surface area (TPSA) is 37.0 Å². The van der Waals surface area contributed by atoms with Gasteiger partial charge in [-0.25, -0.2) is 4.98 Å². The number of anilines is 1. The van der Waals surface area contributed by atoms with Crippen molar-refractivity contribution in [3.05, 3.63) is 59.1 Å². The summed E-state index contributed by atoms with van der Waals surface area (Å²) in [5.41, 5.74) is 3.29. The summed E-state index contributed by atoms with van der Waals surface area (Å²) in [5, 5.41) is 8.21. The zero-order valence-electron chi connectivity index (χ0n) is 12.3. The van der Waals surface area contributed by atoms with E-state index < -0.39 is 0 Å². The summed E-state index contributed by atoms with van der Waals surface area (Å²) in [6.07, 6.45) is 0.870. The van der Waals surface area contributed by atoms with Gasteiger partial charge in [-0.05, 0) is 49.0 Å². The fraction of sp³-hybridized carbons (Fsp3) is 0.176. The monoisotopic (exact) mass is 327 g/mol. The molecule has 1 heterocycles. The van der Waals surface area contributed by atoms with Gasteiger partial charge in [0.1, 0.15) is 0 Å². The summed E-state index contributed by atoms with van der Waals surface area (Å²) in [4.78, 5) is 4.62. The molecule has 0 atom stereocenters. The van der Waals surface area contributed by atoms with Gasteiger partial charge in [-0.2, -0.15) is 0 Å². The van der Waals surface area contributed by atoms with Crippen molar-refractivity contribution in [1.29, 1.82) is 0 Å². The van der Waals surface area contributed by atoms with Crippen LogP contribution in [0, 0.1) is 6.92 Å². The van der Waals surface area contributed by atoms with E-state index in [1.807, 2.05) is 30.3 Å². The van der Waals surface area contributed by atoms with Crippen LogP contribution in [0.5, 0.6) is 0 Å². The van der Waals surface area contributed by atoms with Crippen LogP contribution in [0.1, 0.15) is 10.6 Å². The first-order chi connectivity index (χ1) is 10.7. The fourth-order valence-corrected chi connectivity index (χ4v) is 3.39. The Hall–Kier alpha value is -1.98. The molecule has 2 N–H and O–H groups in total. The molecule has 5 heteroatoms. The lowest BCUT2D eigenvalue weighted by Gasteiger charge is -2.10. The van der Waals surface area contributed by atoms with E-state index >= 15 is 0 Å². The molecule has 112 valence electrons. The first kappa shape index (κ1) is 14.9. The molecular formula is C17H17N3S2. The molecule has 3 rings (SSSR count). The molecule has 1 aromatic heterocycles. The predicted octanol–water partition coefficient (Wildman–Crippen LogP) is 4.13. The van der Waals surface area contributed by atoms with Crippen molar-refractivity contribution in [1.82, 2.24) is 10.3 Å². The Morgan fingerprint density at radius 2 is 2.05 bits per heavy atom. The third kappa shape index (κ3) is 3.81. The van der Waals surface area contributed by atoms with E-state index in [4.69, 9.17) is 12.2 Å². The summed E-state index contributed by atoms with van der Waals surface area (Å²) in [6.45, 7) is 2.84. The van der Waals surface area contributed by atoms with Crippen molar-refractivity contribution < 1.29 is 0 Å². The number of nitrogens with one attached hydrogen (secondary N) is 2. The van der Waals surface area contributed by atoms with Crippen molar-refractivity contribution in [3.63, 3.8) is 0 Å². The number of aromatic nitrogens is 1. The third-order valence-corrected chi connectivity index (χ3v) is 4.58. The SMILES string of the molecule is Cc1cccc(NC(=S)NCCc2nc3ccccc3s2)c1. The lowest BCUT2D eigenvalue weighted by Crippen LogP contribution is -2.30. The molecule has 2 aromatic carbocycles. The number of para-hydroxylation sites is 1. The van der Waals surface area contributed by atoms with Crippen LogP contribution in [0.3, 0.4) is 0 Å². The number of thiazole rings is 1. The molecule has 3 aromatic rings. The number of nitrogens with zero attached hydrogens (tertiary/aromatic N) is 1. The third-order valence-electron chi connectivity index (χ3n) is 3.24. The molecule has 0 spiro atoms. The Balaban J connectivity index is 1.51. The van der Waals surface area contributed by atoms with E-state index in [0.717, 1.165) is 29.2 Å². The van der Waals surface area contributed by atoms with Gasteiger partial charge in [-0.1, -0.05) is 24.3 Å². The Labute approximate surface area is 139 Å². The number of hydrogen-bond donors (Lipinski definition) is 2. The maximum absolute atomic E-state index is 5.32. The van der Waals surface area contributed by atoms with Crippen molar-refractivity contribution in [3.8, 4) is 0 Å². The highest BCUT2D eigenvalue weighted by Gasteiger charge is 2.03. The number of benzene rings is 2. The molecule has 0 radical (unpaired) electrons. The van der Waals surface area contributed by atoms with Crippen LogP contribution in [0.4, 0.5) is 5.69 Å². The maximum Gasteiger partial charge on any atom is 0.170 e. The highest BCUT2D eigenvalue weighted by atomic mass is 32.1. The van der Waals surface area contributed by atoms with Gasteiger partial charge in [0.15, 0.2) is 5.11 Å². The quantitative estimate of drug-likeness (QED) is 0.706. The van der Waals surface area contributed by atoms with E-state index in [2.05, 4.69) is 40.7 Å². The van der Waals surface area contributed by atoms with Crippen LogP contribution in [0.2, 0.25) is 0 Å². The number of rotatable bonds is 4. The van der Waals surface area contributed by atoms with Crippen molar-refractivity contribution in [2.45, 2.75) is 13.3 Å². The molecular weight excluding hydrogens is 310 g/mol. The van der Waals surface area contributed by atoms with Crippen molar-refractivity contribution in [2.24, 2.45) is 0 Å². The zero-order chi connectivity index (χ0) is 15.4. The van der Waals surface area contributed by atoms with Gasteiger partial charge in [0.25, 0.3) is 0 Å². The minimum absolute atomic E-state index is 0.645. The normalized spacial score (nSPS) is 10.6. The standard InChI is InChI=1S/C17H17N3S2/c1-12-5-4-6-13(11-12)19-17(21)18-10-9-16-20-14-7-2-3-8-15(14)22-16/h2-8,11H,9-10H2,1H3,(H2,18,19,21). The summed E-state index contributed by atoms with van der Waals surface area (Å²) in [7, 11) is 0. The molecule has 3 nitrogen and oxygen atoms in total. The van der Waals surface area contributed by atoms with Crippen LogP contribution >= 0.6 is 23.6 Å². The lowest BCUT2D eigenvalue weighted by molar-refractivity contribution is 0.868. The highest BCUT2D eigenvalue weighted by molar-refractivity contribution is 7.80. The lowest BCUT2D eigenvalue weighted by atomic mass is 10.2. The summed E-state index contributed by atoms with van der Waals surface area (Å²) >= 11 is 7.06. The highest BCUT2D eigenvalue weighted by Crippen LogP contribution is 2.21. The van der Waals surface area contributed by atoms with Gasteiger partial charge in [0.2, 0.25) is 0 Å². The Kier molecular flexibility index (Phi) is 4.65. The minimum Gasteiger partial charge on any atom is -0.362 e. The molecule has 0 fully saturated rings. The molecule has 0 aliphatic heterocycles. The van der Waals surface area contributed by atoms with Gasteiger partial charge in [-0.3, -0.25) is 0 Å². The van der Waals surface area contributed by atoms with E-state index in [1.54, 1.807) is 11.3 Å². The Bertz CT molecular complexity index is 762. The van der Waals surface area contributed by atoms with Gasteiger partial charge >= 0.3 is 0 Å². The van der Waals surface area contributed by atoms with E-state index in [1.165, 1.54) is 10.3 Å². The average Bonchev–Trinajstić information content (AvgIpc) is 2.90. The molecule has 22 heavy (non-hydrogen) atoms. The number of thiocarbonyl (C=S) groups is 1. The van der Waals surface area contributed by atoms with E-state index in [-0.39, 0.29) is 0 Å². The first-order valence-electron chi connectivity index (χ1n) is 7.17. The summed E-state index contributed by atoms with van der Waals surface area (Å²) < 4.78 is 1.23. The second-order valence-corrected chi connectivity index (χ2v) is 6.60. The minimum atomic E-state index is 0.645. The molecule has 0 saturated carbocycles. The van der Waals surface area contributed by atoms with Gasteiger partial charge < -0.3 is 10.6 Å². The Morgan fingerprint density at radius 3 is 2.86 bits per heavy atom. The number of aryl methyl sites for hydroxylation is 1. The molecule has 0 amide bonds. The van der Waals surface area contributed by atoms with Crippen molar-refractivity contribution in [2.75, 3.05) is 11.9 Å². The molecule has 0 saturated heterocycles. The number of hydrogen-bond acceptors (Lipinski definition) is 3. The van der Waals surface area contributed by atoms with Crippen LogP contribution in [0.15, 0.2) is 48.5 Å².